The molecule has 0 atom stereocenters. The summed E-state index contributed by atoms with van der Waals surface area (Å²) >= 11 is 1.60. The summed E-state index contributed by atoms with van der Waals surface area (Å²) in [6, 6.07) is 11.6. The van der Waals surface area contributed by atoms with Crippen LogP contribution in [0.3, 0.4) is 0 Å². The molecule has 0 amide bonds. The minimum atomic E-state index is 0.785. The molecule has 0 aliphatic heterocycles. The molecule has 3 aromatic rings. The number of thiazole rings is 1. The number of aryl methyl sites for hydroxylation is 1. The second-order valence-corrected chi connectivity index (χ2v) is 5.30. The smallest absolute Gasteiger partial charge is 0.140 e. The van der Waals surface area contributed by atoms with E-state index >= 15 is 0 Å². The molecule has 0 unspecified atom stereocenters. The van der Waals surface area contributed by atoms with Crippen LogP contribution in [0.4, 0.5) is 5.82 Å². The lowest BCUT2D eigenvalue weighted by atomic mass is 10.3. The molecule has 0 fully saturated rings. The largest absolute Gasteiger partial charge is 0.338 e. The van der Waals surface area contributed by atoms with Gasteiger partial charge in [0.1, 0.15) is 10.8 Å². The quantitative estimate of drug-likeness (QED) is 0.794. The molecular formula is C16H14N4S. The van der Waals surface area contributed by atoms with Crippen molar-refractivity contribution in [2.45, 2.75) is 6.92 Å². The molecule has 3 rings (SSSR count). The number of nitrogens with one attached hydrogen (secondary N) is 1. The fourth-order valence-corrected chi connectivity index (χ4v) is 2.58. The fourth-order valence-electron chi connectivity index (χ4n) is 1.81. The van der Waals surface area contributed by atoms with Gasteiger partial charge in [0.15, 0.2) is 0 Å². The van der Waals surface area contributed by atoms with Crippen LogP contribution in [-0.2, 0) is 0 Å². The lowest BCUT2D eigenvalue weighted by Crippen LogP contribution is -2.00. The van der Waals surface area contributed by atoms with Gasteiger partial charge in [0, 0.05) is 23.5 Å². The third-order valence-electron chi connectivity index (χ3n) is 2.76. The topological polar surface area (TPSA) is 50.7 Å². The Labute approximate surface area is 127 Å². The fraction of sp³-hybridized carbons (Fsp3) is 0.0625. The van der Waals surface area contributed by atoms with Crippen molar-refractivity contribution < 1.29 is 0 Å². The molecule has 0 saturated heterocycles. The average Bonchev–Trinajstić information content (AvgIpc) is 2.95. The van der Waals surface area contributed by atoms with E-state index in [9.17, 15) is 0 Å². The molecule has 0 aromatic carbocycles. The molecule has 0 radical (unpaired) electrons. The highest BCUT2D eigenvalue weighted by atomic mass is 32.1. The van der Waals surface area contributed by atoms with Crippen molar-refractivity contribution >= 4 is 28.9 Å². The Kier molecular flexibility index (Phi) is 4.02. The van der Waals surface area contributed by atoms with Crippen LogP contribution in [0.5, 0.6) is 0 Å². The summed E-state index contributed by atoms with van der Waals surface area (Å²) in [7, 11) is 0. The zero-order chi connectivity index (χ0) is 14.5. The van der Waals surface area contributed by atoms with Crippen LogP contribution in [0.15, 0.2) is 54.2 Å². The maximum atomic E-state index is 4.54. The van der Waals surface area contributed by atoms with E-state index in [2.05, 4.69) is 20.3 Å². The molecule has 0 aliphatic carbocycles. The number of pyridine rings is 2. The molecule has 5 heteroatoms. The SMILES string of the molecule is Cc1csc(/C(=C/c2ccccn2)Nc2ccccn2)n1. The van der Waals surface area contributed by atoms with Crippen molar-refractivity contribution in [3.63, 3.8) is 0 Å². The molecule has 3 heterocycles. The van der Waals surface area contributed by atoms with Crippen molar-refractivity contribution in [3.05, 3.63) is 70.6 Å². The highest BCUT2D eigenvalue weighted by Gasteiger charge is 2.08. The van der Waals surface area contributed by atoms with Gasteiger partial charge in [-0.2, -0.15) is 0 Å². The number of anilines is 1. The normalized spacial score (nSPS) is 11.4. The first-order valence-electron chi connectivity index (χ1n) is 6.54. The molecule has 4 nitrogen and oxygen atoms in total. The lowest BCUT2D eigenvalue weighted by Gasteiger charge is -2.07. The van der Waals surface area contributed by atoms with E-state index in [0.717, 1.165) is 27.9 Å². The van der Waals surface area contributed by atoms with Crippen LogP contribution in [-0.4, -0.2) is 15.0 Å². The zero-order valence-electron chi connectivity index (χ0n) is 11.5. The monoisotopic (exact) mass is 294 g/mol. The van der Waals surface area contributed by atoms with Crippen LogP contribution in [0, 0.1) is 6.92 Å². The van der Waals surface area contributed by atoms with E-state index in [0.29, 0.717) is 0 Å². The average molecular weight is 294 g/mol. The number of hydrogen-bond donors (Lipinski definition) is 1. The van der Waals surface area contributed by atoms with Crippen LogP contribution in [0.2, 0.25) is 0 Å². The molecule has 0 aliphatic rings. The molecule has 0 spiro atoms. The highest BCUT2D eigenvalue weighted by Crippen LogP contribution is 2.22. The van der Waals surface area contributed by atoms with E-state index in [-0.39, 0.29) is 0 Å². The molecule has 3 aromatic heterocycles. The Morgan fingerprint density at radius 2 is 1.90 bits per heavy atom. The van der Waals surface area contributed by atoms with Gasteiger partial charge in [-0.3, -0.25) is 4.98 Å². The molecule has 0 saturated carbocycles. The van der Waals surface area contributed by atoms with Crippen LogP contribution < -0.4 is 5.32 Å². The predicted octanol–water partition coefficient (Wildman–Crippen LogP) is 3.85. The summed E-state index contributed by atoms with van der Waals surface area (Å²) in [5.41, 5.74) is 2.78. The third kappa shape index (κ3) is 3.52. The molecule has 104 valence electrons. The summed E-state index contributed by atoms with van der Waals surface area (Å²) in [4.78, 5) is 13.2. The van der Waals surface area contributed by atoms with Gasteiger partial charge >= 0.3 is 0 Å². The first kappa shape index (κ1) is 13.5. The molecule has 21 heavy (non-hydrogen) atoms. The van der Waals surface area contributed by atoms with Crippen LogP contribution in [0.25, 0.3) is 11.8 Å². The minimum Gasteiger partial charge on any atom is -0.338 e. The Morgan fingerprint density at radius 1 is 1.10 bits per heavy atom. The van der Waals surface area contributed by atoms with Gasteiger partial charge in [0.2, 0.25) is 0 Å². The Morgan fingerprint density at radius 3 is 2.52 bits per heavy atom. The predicted molar refractivity (Wildman–Crippen MR) is 86.8 cm³/mol. The highest BCUT2D eigenvalue weighted by molar-refractivity contribution is 7.10. The van der Waals surface area contributed by atoms with Gasteiger partial charge in [0.25, 0.3) is 0 Å². The Bertz CT molecular complexity index is 735. The van der Waals surface area contributed by atoms with E-state index in [1.807, 2.05) is 54.8 Å². The molecule has 1 N–H and O–H groups in total. The van der Waals surface area contributed by atoms with Gasteiger partial charge in [-0.25, -0.2) is 9.97 Å². The number of aromatic nitrogens is 3. The van der Waals surface area contributed by atoms with Gasteiger partial charge in [-0.1, -0.05) is 12.1 Å². The Hall–Kier alpha value is -2.53. The third-order valence-corrected chi connectivity index (χ3v) is 3.75. The summed E-state index contributed by atoms with van der Waals surface area (Å²) in [6.07, 6.45) is 5.51. The second-order valence-electron chi connectivity index (χ2n) is 4.45. The maximum Gasteiger partial charge on any atom is 0.140 e. The van der Waals surface area contributed by atoms with Crippen molar-refractivity contribution in [1.29, 1.82) is 0 Å². The molecular weight excluding hydrogens is 280 g/mol. The van der Waals surface area contributed by atoms with Gasteiger partial charge in [-0.05, 0) is 37.3 Å². The standard InChI is InChI=1S/C16H14N4S/c1-12-11-21-16(19-12)14(10-13-6-2-4-8-17-13)20-15-7-3-5-9-18-15/h2-11H,1H3,(H,18,20)/b14-10-. The first-order valence-corrected chi connectivity index (χ1v) is 7.42. The van der Waals surface area contributed by atoms with Crippen LogP contribution in [0.1, 0.15) is 16.4 Å². The zero-order valence-corrected chi connectivity index (χ0v) is 12.3. The van der Waals surface area contributed by atoms with E-state index in [1.165, 1.54) is 0 Å². The molecule has 0 bridgehead atoms. The van der Waals surface area contributed by atoms with Crippen LogP contribution >= 0.6 is 11.3 Å². The summed E-state index contributed by atoms with van der Waals surface area (Å²) in [5.74, 6) is 0.785. The van der Waals surface area contributed by atoms with E-state index in [4.69, 9.17) is 0 Å². The summed E-state index contributed by atoms with van der Waals surface area (Å²) in [6.45, 7) is 1.99. The van der Waals surface area contributed by atoms with Crippen molar-refractivity contribution in [1.82, 2.24) is 15.0 Å². The first-order chi connectivity index (χ1) is 10.3. The maximum absolute atomic E-state index is 4.54. The van der Waals surface area contributed by atoms with E-state index < -0.39 is 0 Å². The van der Waals surface area contributed by atoms with E-state index in [1.54, 1.807) is 23.7 Å². The second kappa shape index (κ2) is 6.28. The summed E-state index contributed by atoms with van der Waals surface area (Å²) < 4.78 is 0. The minimum absolute atomic E-state index is 0.785. The number of rotatable bonds is 4. The number of nitrogens with zero attached hydrogens (tertiary/aromatic N) is 3. The lowest BCUT2D eigenvalue weighted by molar-refractivity contribution is 1.23. The van der Waals surface area contributed by atoms with Gasteiger partial charge < -0.3 is 5.32 Å². The van der Waals surface area contributed by atoms with Gasteiger partial charge in [-0.15, -0.1) is 11.3 Å². The van der Waals surface area contributed by atoms with Crippen molar-refractivity contribution in [2.75, 3.05) is 5.32 Å². The Balaban J connectivity index is 1.97. The summed E-state index contributed by atoms with van der Waals surface area (Å²) in [5, 5.41) is 6.26. The van der Waals surface area contributed by atoms with Gasteiger partial charge in [0.05, 0.1) is 11.4 Å². The van der Waals surface area contributed by atoms with Crippen molar-refractivity contribution in [2.24, 2.45) is 0 Å². The van der Waals surface area contributed by atoms with Crippen molar-refractivity contribution in [3.8, 4) is 0 Å². The number of hydrogen-bond acceptors (Lipinski definition) is 5.